The lowest BCUT2D eigenvalue weighted by molar-refractivity contribution is -0.123. The fourth-order valence-electron chi connectivity index (χ4n) is 3.36. The van der Waals surface area contributed by atoms with Crippen LogP contribution in [0.5, 0.6) is 11.5 Å². The summed E-state index contributed by atoms with van der Waals surface area (Å²) in [6.45, 7) is 0. The maximum Gasteiger partial charge on any atom is 0.235 e. The second-order valence-corrected chi connectivity index (χ2v) is 6.92. The molecule has 2 aromatic carbocycles. The Kier molecular flexibility index (Phi) is 3.41. The average molecular weight is 367 g/mol. The molecule has 0 bridgehead atoms. The zero-order valence-electron chi connectivity index (χ0n) is 12.5. The van der Waals surface area contributed by atoms with E-state index in [1.807, 2.05) is 0 Å². The van der Waals surface area contributed by atoms with E-state index in [9.17, 15) is 4.79 Å². The fraction of sp³-hybridized carbons (Fsp3) is 0.235. The smallest absolute Gasteiger partial charge is 0.235 e. The predicted molar refractivity (Wildman–Crippen MR) is 91.5 cm³/mol. The van der Waals surface area contributed by atoms with E-state index in [1.54, 1.807) is 6.07 Å². The summed E-state index contributed by atoms with van der Waals surface area (Å²) in [5, 5.41) is 3.12. The van der Waals surface area contributed by atoms with E-state index in [0.717, 1.165) is 6.42 Å². The van der Waals surface area contributed by atoms with Crippen LogP contribution in [0.15, 0.2) is 24.3 Å². The SMILES string of the molecule is Nc1cc(Cl)c(Oc2ccc3c(c2F)C2(CCC2)C(=O)N3)c(Cl)c1. The van der Waals surface area contributed by atoms with Crippen molar-refractivity contribution >= 4 is 40.5 Å². The van der Waals surface area contributed by atoms with Gasteiger partial charge in [0.1, 0.15) is 0 Å². The van der Waals surface area contributed by atoms with Crippen LogP contribution in [0.2, 0.25) is 10.0 Å². The highest BCUT2D eigenvalue weighted by molar-refractivity contribution is 6.37. The molecule has 3 N–H and O–H groups in total. The molecule has 4 rings (SSSR count). The van der Waals surface area contributed by atoms with Gasteiger partial charge < -0.3 is 15.8 Å². The van der Waals surface area contributed by atoms with Crippen LogP contribution in [-0.4, -0.2) is 5.91 Å². The largest absolute Gasteiger partial charge is 0.451 e. The van der Waals surface area contributed by atoms with Crippen LogP contribution in [0.3, 0.4) is 0 Å². The molecule has 24 heavy (non-hydrogen) atoms. The molecule has 0 saturated heterocycles. The number of nitrogens with one attached hydrogen (secondary N) is 1. The van der Waals surface area contributed by atoms with E-state index in [1.165, 1.54) is 18.2 Å². The van der Waals surface area contributed by atoms with Gasteiger partial charge in [-0.25, -0.2) is 4.39 Å². The van der Waals surface area contributed by atoms with E-state index in [-0.39, 0.29) is 27.5 Å². The number of hydrogen-bond acceptors (Lipinski definition) is 3. The first-order chi connectivity index (χ1) is 11.4. The molecule has 1 aliphatic carbocycles. The van der Waals surface area contributed by atoms with E-state index in [4.69, 9.17) is 33.7 Å². The minimum absolute atomic E-state index is 0.0231. The Morgan fingerprint density at radius 1 is 1.21 bits per heavy atom. The first kappa shape index (κ1) is 15.5. The van der Waals surface area contributed by atoms with Crippen molar-refractivity contribution in [1.29, 1.82) is 0 Å². The third-order valence-electron chi connectivity index (χ3n) is 4.71. The normalized spacial score (nSPS) is 17.4. The van der Waals surface area contributed by atoms with E-state index < -0.39 is 11.2 Å². The van der Waals surface area contributed by atoms with Crippen molar-refractivity contribution in [2.75, 3.05) is 11.1 Å². The molecule has 1 amide bonds. The Balaban J connectivity index is 1.79. The maximum atomic E-state index is 15.1. The summed E-state index contributed by atoms with van der Waals surface area (Å²) in [5.41, 5.74) is 6.14. The molecular weight excluding hydrogens is 354 g/mol. The number of rotatable bonds is 2. The van der Waals surface area contributed by atoms with E-state index in [0.29, 0.717) is 29.8 Å². The number of carbonyl (C=O) groups excluding carboxylic acids is 1. The molecule has 0 unspecified atom stereocenters. The number of halogens is 3. The van der Waals surface area contributed by atoms with Gasteiger partial charge in [-0.2, -0.15) is 0 Å². The fourth-order valence-corrected chi connectivity index (χ4v) is 3.94. The van der Waals surface area contributed by atoms with Crippen molar-refractivity contribution in [3.63, 3.8) is 0 Å². The highest BCUT2D eigenvalue weighted by Crippen LogP contribution is 2.53. The molecule has 0 radical (unpaired) electrons. The van der Waals surface area contributed by atoms with Crippen LogP contribution < -0.4 is 15.8 Å². The molecule has 1 spiro atoms. The number of amides is 1. The Morgan fingerprint density at radius 3 is 2.46 bits per heavy atom. The van der Waals surface area contributed by atoms with Crippen LogP contribution in [0.1, 0.15) is 24.8 Å². The van der Waals surface area contributed by atoms with Crippen LogP contribution >= 0.6 is 23.2 Å². The van der Waals surface area contributed by atoms with Gasteiger partial charge in [0.15, 0.2) is 17.3 Å². The van der Waals surface area contributed by atoms with Crippen LogP contribution in [0.25, 0.3) is 0 Å². The zero-order valence-corrected chi connectivity index (χ0v) is 14.0. The summed E-state index contributed by atoms with van der Waals surface area (Å²) in [7, 11) is 0. The molecular formula is C17H13Cl2FN2O2. The summed E-state index contributed by atoms with van der Waals surface area (Å²) < 4.78 is 20.7. The molecule has 0 atom stereocenters. The molecule has 124 valence electrons. The lowest BCUT2D eigenvalue weighted by Crippen LogP contribution is -2.41. The first-order valence-electron chi connectivity index (χ1n) is 7.49. The second kappa shape index (κ2) is 5.26. The van der Waals surface area contributed by atoms with E-state index in [2.05, 4.69) is 5.32 Å². The van der Waals surface area contributed by atoms with Gasteiger partial charge in [-0.1, -0.05) is 29.6 Å². The van der Waals surface area contributed by atoms with Gasteiger partial charge in [-0.15, -0.1) is 0 Å². The first-order valence-corrected chi connectivity index (χ1v) is 8.25. The number of anilines is 2. The van der Waals surface area contributed by atoms with Crippen molar-refractivity contribution < 1.29 is 13.9 Å². The predicted octanol–water partition coefficient (Wildman–Crippen LogP) is 4.88. The molecule has 7 heteroatoms. The van der Waals surface area contributed by atoms with Gasteiger partial charge >= 0.3 is 0 Å². The number of carbonyl (C=O) groups is 1. The zero-order chi connectivity index (χ0) is 17.1. The Bertz CT molecular complexity index is 858. The molecule has 4 nitrogen and oxygen atoms in total. The number of nitrogen functional groups attached to an aromatic ring is 1. The molecule has 1 saturated carbocycles. The monoisotopic (exact) mass is 366 g/mol. The van der Waals surface area contributed by atoms with Gasteiger partial charge in [0.05, 0.1) is 15.5 Å². The average Bonchev–Trinajstić information content (AvgIpc) is 2.77. The third kappa shape index (κ3) is 2.08. The Labute approximate surface area is 147 Å². The van der Waals surface area contributed by atoms with Crippen LogP contribution in [0, 0.1) is 5.82 Å². The number of ether oxygens (including phenoxy) is 1. The standard InChI is InChI=1S/C17H13Cl2FN2O2/c18-9-6-8(21)7-10(19)15(9)24-12-3-2-11-13(14(12)20)17(4-1-5-17)16(23)22-11/h2-3,6-7H,1,4-5,21H2,(H,22,23). The van der Waals surface area contributed by atoms with Gasteiger partial charge in [0.2, 0.25) is 5.91 Å². The van der Waals surface area contributed by atoms with Crippen LogP contribution in [-0.2, 0) is 10.2 Å². The molecule has 1 heterocycles. The topological polar surface area (TPSA) is 64.3 Å². The number of nitrogens with two attached hydrogens (primary N) is 1. The van der Waals surface area contributed by atoms with Crippen molar-refractivity contribution in [2.45, 2.75) is 24.7 Å². The van der Waals surface area contributed by atoms with Crippen molar-refractivity contribution in [3.05, 3.63) is 45.7 Å². The second-order valence-electron chi connectivity index (χ2n) is 6.11. The number of benzene rings is 2. The minimum atomic E-state index is -0.770. The minimum Gasteiger partial charge on any atom is -0.451 e. The third-order valence-corrected chi connectivity index (χ3v) is 5.27. The molecule has 0 aromatic heterocycles. The molecule has 2 aliphatic rings. The van der Waals surface area contributed by atoms with Crippen molar-refractivity contribution in [2.24, 2.45) is 0 Å². The summed E-state index contributed by atoms with van der Waals surface area (Å²) in [6, 6.07) is 6.05. The Hall–Kier alpha value is -1.98. The van der Waals surface area contributed by atoms with Gasteiger partial charge in [0.25, 0.3) is 0 Å². The number of fused-ring (bicyclic) bond motifs is 2. The maximum absolute atomic E-state index is 15.1. The summed E-state index contributed by atoms with van der Waals surface area (Å²) in [6.07, 6.45) is 2.16. The number of hydrogen-bond donors (Lipinski definition) is 2. The summed E-state index contributed by atoms with van der Waals surface area (Å²) in [4.78, 5) is 12.2. The summed E-state index contributed by atoms with van der Waals surface area (Å²) in [5.74, 6) is -0.603. The van der Waals surface area contributed by atoms with Crippen LogP contribution in [0.4, 0.5) is 15.8 Å². The van der Waals surface area contributed by atoms with Gasteiger partial charge in [0, 0.05) is 16.9 Å². The molecule has 1 aliphatic heterocycles. The van der Waals surface area contributed by atoms with Gasteiger partial charge in [-0.05, 0) is 37.1 Å². The lowest BCUT2D eigenvalue weighted by Gasteiger charge is -2.36. The lowest BCUT2D eigenvalue weighted by atomic mass is 9.65. The quantitative estimate of drug-likeness (QED) is 0.744. The molecule has 1 fully saturated rings. The van der Waals surface area contributed by atoms with Crippen molar-refractivity contribution in [1.82, 2.24) is 0 Å². The van der Waals surface area contributed by atoms with Crippen molar-refractivity contribution in [3.8, 4) is 11.5 Å². The van der Waals surface area contributed by atoms with Gasteiger partial charge in [-0.3, -0.25) is 4.79 Å². The highest BCUT2D eigenvalue weighted by Gasteiger charge is 2.53. The van der Waals surface area contributed by atoms with E-state index >= 15 is 4.39 Å². The Morgan fingerprint density at radius 2 is 1.88 bits per heavy atom. The molecule has 2 aromatic rings. The highest BCUT2D eigenvalue weighted by atomic mass is 35.5. The summed E-state index contributed by atoms with van der Waals surface area (Å²) >= 11 is 12.2.